The quantitative estimate of drug-likeness (QED) is 0.583. The van der Waals surface area contributed by atoms with Crippen LogP contribution in [0.5, 0.6) is 11.5 Å². The minimum atomic E-state index is -3.85. The first-order valence-corrected chi connectivity index (χ1v) is 13.0. The lowest BCUT2D eigenvalue weighted by Gasteiger charge is -2.29. The van der Waals surface area contributed by atoms with E-state index < -0.39 is 16.1 Å². The van der Waals surface area contributed by atoms with Crippen LogP contribution in [0.2, 0.25) is 0 Å². The van der Waals surface area contributed by atoms with Crippen LogP contribution in [0, 0.1) is 5.92 Å². The summed E-state index contributed by atoms with van der Waals surface area (Å²) in [5.74, 6) is 1.02. The highest BCUT2D eigenvalue weighted by molar-refractivity contribution is 7.89. The summed E-state index contributed by atoms with van der Waals surface area (Å²) in [6.45, 7) is 7.27. The molecule has 0 spiro atoms. The number of nitrogens with zero attached hydrogens (tertiary/aromatic N) is 2. The van der Waals surface area contributed by atoms with E-state index in [4.69, 9.17) is 9.47 Å². The Bertz CT molecular complexity index is 1040. The van der Waals surface area contributed by atoms with Gasteiger partial charge in [-0.15, -0.1) is 0 Å². The summed E-state index contributed by atoms with van der Waals surface area (Å²) in [6.07, 6.45) is 0.831. The summed E-state index contributed by atoms with van der Waals surface area (Å²) < 4.78 is 38.9. The van der Waals surface area contributed by atoms with E-state index in [0.29, 0.717) is 18.8 Å². The molecule has 1 saturated heterocycles. The van der Waals surface area contributed by atoms with E-state index in [9.17, 15) is 13.2 Å². The summed E-state index contributed by atoms with van der Waals surface area (Å²) in [6, 6.07) is 13.3. The lowest BCUT2D eigenvalue weighted by molar-refractivity contribution is -0.133. The normalized spacial score (nSPS) is 16.2. The van der Waals surface area contributed by atoms with Gasteiger partial charge >= 0.3 is 0 Å². The van der Waals surface area contributed by atoms with Gasteiger partial charge in [-0.3, -0.25) is 9.69 Å². The molecule has 1 amide bonds. The smallest absolute Gasteiger partial charge is 0.241 e. The average molecular weight is 490 g/mol. The third-order valence-corrected chi connectivity index (χ3v) is 7.51. The Balaban J connectivity index is 1.64. The monoisotopic (exact) mass is 489 g/mol. The zero-order valence-corrected chi connectivity index (χ0v) is 21.2. The molecule has 9 heteroatoms. The number of amides is 1. The van der Waals surface area contributed by atoms with Crippen LogP contribution < -0.4 is 14.2 Å². The van der Waals surface area contributed by atoms with Gasteiger partial charge in [-0.05, 0) is 54.3 Å². The summed E-state index contributed by atoms with van der Waals surface area (Å²) in [5, 5.41) is 0. The number of rotatable bonds is 9. The summed E-state index contributed by atoms with van der Waals surface area (Å²) in [5.41, 5.74) is 1.19. The molecule has 1 fully saturated rings. The van der Waals surface area contributed by atoms with Gasteiger partial charge in [0.25, 0.3) is 0 Å². The van der Waals surface area contributed by atoms with E-state index in [1.54, 1.807) is 24.1 Å². The van der Waals surface area contributed by atoms with Gasteiger partial charge in [0, 0.05) is 32.7 Å². The maximum atomic E-state index is 13.4. The Morgan fingerprint density at radius 3 is 2.06 bits per heavy atom. The molecule has 0 aromatic heterocycles. The third kappa shape index (κ3) is 6.71. The zero-order valence-electron chi connectivity index (χ0n) is 20.4. The number of carbonyl (C=O) groups excluding carboxylic acids is 1. The highest BCUT2D eigenvalue weighted by Crippen LogP contribution is 2.19. The van der Waals surface area contributed by atoms with Crippen LogP contribution in [-0.2, 0) is 21.4 Å². The number of hydrogen-bond donors (Lipinski definition) is 1. The standard InChI is InChI=1S/C25H35N3O5S/c1-19(2)24(26-34(30,31)23-12-10-22(33-4)11-13-23)25(29)28-15-5-14-27(16-17-28)18-20-6-8-21(32-3)9-7-20/h6-13,19,24,26H,5,14-18H2,1-4H3/t24-/m0/s1. The van der Waals surface area contributed by atoms with Crippen LogP contribution in [0.25, 0.3) is 0 Å². The molecule has 0 unspecified atom stereocenters. The van der Waals surface area contributed by atoms with Gasteiger partial charge in [-0.2, -0.15) is 4.72 Å². The fourth-order valence-corrected chi connectivity index (χ4v) is 5.33. The Morgan fingerprint density at radius 1 is 0.912 bits per heavy atom. The maximum Gasteiger partial charge on any atom is 0.241 e. The molecule has 0 bridgehead atoms. The molecule has 1 aliphatic heterocycles. The Labute approximate surface area is 202 Å². The number of methoxy groups -OCH3 is 2. The minimum Gasteiger partial charge on any atom is -0.497 e. The number of sulfonamides is 1. The first-order valence-electron chi connectivity index (χ1n) is 11.5. The molecule has 8 nitrogen and oxygen atoms in total. The molecular formula is C25H35N3O5S. The van der Waals surface area contributed by atoms with E-state index in [-0.39, 0.29) is 16.7 Å². The summed E-state index contributed by atoms with van der Waals surface area (Å²) in [7, 11) is -0.681. The van der Waals surface area contributed by atoms with Crippen molar-refractivity contribution in [2.75, 3.05) is 40.4 Å². The van der Waals surface area contributed by atoms with Gasteiger partial charge in [0.05, 0.1) is 19.1 Å². The number of hydrogen-bond acceptors (Lipinski definition) is 6. The van der Waals surface area contributed by atoms with Gasteiger partial charge in [0.1, 0.15) is 17.5 Å². The molecule has 34 heavy (non-hydrogen) atoms. The Morgan fingerprint density at radius 2 is 1.50 bits per heavy atom. The highest BCUT2D eigenvalue weighted by Gasteiger charge is 2.32. The van der Waals surface area contributed by atoms with Crippen molar-refractivity contribution in [3.05, 3.63) is 54.1 Å². The summed E-state index contributed by atoms with van der Waals surface area (Å²) in [4.78, 5) is 17.6. The van der Waals surface area contributed by atoms with Crippen LogP contribution in [0.3, 0.4) is 0 Å². The first-order chi connectivity index (χ1) is 16.2. The predicted octanol–water partition coefficient (Wildman–Crippen LogP) is 2.74. The second kappa shape index (κ2) is 11.7. The van der Waals surface area contributed by atoms with Gasteiger partial charge in [0.15, 0.2) is 0 Å². The topological polar surface area (TPSA) is 88.2 Å². The van der Waals surface area contributed by atoms with Crippen molar-refractivity contribution in [2.24, 2.45) is 5.92 Å². The van der Waals surface area contributed by atoms with Crippen molar-refractivity contribution in [2.45, 2.75) is 37.8 Å². The third-order valence-electron chi connectivity index (χ3n) is 6.05. The fourth-order valence-electron chi connectivity index (χ4n) is 4.00. The fraction of sp³-hybridized carbons (Fsp3) is 0.480. The lowest BCUT2D eigenvalue weighted by atomic mass is 10.0. The number of ether oxygens (including phenoxy) is 2. The Hall–Kier alpha value is -2.62. The predicted molar refractivity (Wildman–Crippen MR) is 131 cm³/mol. The van der Waals surface area contributed by atoms with Crippen LogP contribution in [0.15, 0.2) is 53.4 Å². The molecule has 3 rings (SSSR count). The molecule has 2 aromatic carbocycles. The largest absolute Gasteiger partial charge is 0.497 e. The minimum absolute atomic E-state index is 0.105. The molecular weight excluding hydrogens is 454 g/mol. The number of carbonyl (C=O) groups is 1. The van der Waals surface area contributed by atoms with Crippen molar-refractivity contribution in [1.29, 1.82) is 0 Å². The molecule has 1 aliphatic rings. The van der Waals surface area contributed by atoms with Crippen LogP contribution in [0.1, 0.15) is 25.8 Å². The van der Waals surface area contributed by atoms with Crippen molar-refractivity contribution in [1.82, 2.24) is 14.5 Å². The molecule has 0 aliphatic carbocycles. The van der Waals surface area contributed by atoms with E-state index in [2.05, 4.69) is 21.8 Å². The SMILES string of the molecule is COc1ccc(CN2CCCN(C(=O)[C@@H](NS(=O)(=O)c3ccc(OC)cc3)C(C)C)CC2)cc1. The first kappa shape index (κ1) is 26.0. The molecule has 186 valence electrons. The molecule has 0 radical (unpaired) electrons. The van der Waals surface area contributed by atoms with Crippen LogP contribution in [-0.4, -0.2) is 70.6 Å². The van der Waals surface area contributed by atoms with Gasteiger partial charge in [0.2, 0.25) is 15.9 Å². The van der Waals surface area contributed by atoms with E-state index in [1.807, 2.05) is 26.0 Å². The van der Waals surface area contributed by atoms with Crippen molar-refractivity contribution in [3.8, 4) is 11.5 Å². The van der Waals surface area contributed by atoms with E-state index in [1.165, 1.54) is 24.8 Å². The van der Waals surface area contributed by atoms with Crippen molar-refractivity contribution >= 4 is 15.9 Å². The molecule has 0 saturated carbocycles. The number of nitrogens with one attached hydrogen (secondary N) is 1. The van der Waals surface area contributed by atoms with Crippen LogP contribution in [0.4, 0.5) is 0 Å². The molecule has 1 heterocycles. The van der Waals surface area contributed by atoms with Crippen molar-refractivity contribution in [3.63, 3.8) is 0 Å². The van der Waals surface area contributed by atoms with Gasteiger partial charge < -0.3 is 14.4 Å². The zero-order chi connectivity index (χ0) is 24.7. The lowest BCUT2D eigenvalue weighted by Crippen LogP contribution is -2.51. The second-order valence-corrected chi connectivity index (χ2v) is 10.5. The second-order valence-electron chi connectivity index (χ2n) is 8.82. The molecule has 1 N–H and O–H groups in total. The van der Waals surface area contributed by atoms with E-state index in [0.717, 1.165) is 31.8 Å². The average Bonchev–Trinajstić information content (AvgIpc) is 3.08. The Kier molecular flexibility index (Phi) is 8.93. The van der Waals surface area contributed by atoms with Crippen molar-refractivity contribution < 1.29 is 22.7 Å². The van der Waals surface area contributed by atoms with Gasteiger partial charge in [-0.25, -0.2) is 8.42 Å². The molecule has 1 atom stereocenters. The number of benzene rings is 2. The van der Waals surface area contributed by atoms with Gasteiger partial charge in [-0.1, -0.05) is 26.0 Å². The van der Waals surface area contributed by atoms with Crippen LogP contribution >= 0.6 is 0 Å². The summed E-state index contributed by atoms with van der Waals surface area (Å²) >= 11 is 0. The maximum absolute atomic E-state index is 13.4. The molecule has 2 aromatic rings. The van der Waals surface area contributed by atoms with E-state index >= 15 is 0 Å². The highest BCUT2D eigenvalue weighted by atomic mass is 32.2.